The maximum Gasteiger partial charge on any atom is 0.401 e. The largest absolute Gasteiger partial charge is 0.401 e. The number of carbonyl (C=O) groups excluding carboxylic acids is 1. The van der Waals surface area contributed by atoms with Gasteiger partial charge in [-0.25, -0.2) is 0 Å². The van der Waals surface area contributed by atoms with Gasteiger partial charge in [0.2, 0.25) is 5.91 Å². The zero-order valence-electron chi connectivity index (χ0n) is 9.36. The first-order valence-corrected chi connectivity index (χ1v) is 6.34. The first kappa shape index (κ1) is 15.6. The minimum Gasteiger partial charge on any atom is -0.351 e. The van der Waals surface area contributed by atoms with Crippen molar-refractivity contribution in [2.45, 2.75) is 25.6 Å². The normalized spacial score (nSPS) is 13.6. The fourth-order valence-corrected chi connectivity index (χ4v) is 1.78. The highest BCUT2D eigenvalue weighted by molar-refractivity contribution is 7.98. The number of amides is 1. The molecule has 1 amide bonds. The molecule has 0 aromatic heterocycles. The molecule has 0 aliphatic rings. The van der Waals surface area contributed by atoms with Gasteiger partial charge in [0.05, 0.1) is 13.1 Å². The van der Waals surface area contributed by atoms with E-state index in [1.54, 1.807) is 11.8 Å². The summed E-state index contributed by atoms with van der Waals surface area (Å²) in [7, 11) is 0. The van der Waals surface area contributed by atoms with Crippen LogP contribution in [0.15, 0.2) is 0 Å². The molecule has 0 aliphatic heterocycles. The van der Waals surface area contributed by atoms with E-state index in [1.165, 1.54) is 0 Å². The molecule has 0 aromatic carbocycles. The summed E-state index contributed by atoms with van der Waals surface area (Å²) in [5.41, 5.74) is 0. The third kappa shape index (κ3) is 8.84. The number of hydrogen-bond acceptors (Lipinski definition) is 3. The molecule has 0 rings (SSSR count). The minimum absolute atomic E-state index is 0.0233. The van der Waals surface area contributed by atoms with Crippen LogP contribution in [0.3, 0.4) is 0 Å². The third-order valence-electron chi connectivity index (χ3n) is 1.84. The van der Waals surface area contributed by atoms with Gasteiger partial charge in [-0.3, -0.25) is 4.79 Å². The second kappa shape index (κ2) is 7.78. The summed E-state index contributed by atoms with van der Waals surface area (Å²) in [6.45, 7) is 0.481. The fraction of sp³-hybridized carbons (Fsp3) is 0.889. The van der Waals surface area contributed by atoms with Gasteiger partial charge in [0.25, 0.3) is 0 Å². The Bertz CT molecular complexity index is 211. The van der Waals surface area contributed by atoms with E-state index in [2.05, 4.69) is 10.6 Å². The number of hydrogen-bond donors (Lipinski definition) is 2. The second-order valence-electron chi connectivity index (χ2n) is 3.35. The average Bonchev–Trinajstić information content (AvgIpc) is 2.15. The Labute approximate surface area is 97.5 Å². The molecule has 2 N–H and O–H groups in total. The Morgan fingerprint density at radius 2 is 2.06 bits per heavy atom. The molecule has 0 heterocycles. The maximum absolute atomic E-state index is 11.8. The highest BCUT2D eigenvalue weighted by Gasteiger charge is 2.26. The molecule has 1 atom stereocenters. The molecule has 0 aromatic rings. The lowest BCUT2D eigenvalue weighted by molar-refractivity contribution is -0.128. The van der Waals surface area contributed by atoms with Crippen LogP contribution >= 0.6 is 11.8 Å². The number of carbonyl (C=O) groups is 1. The molecule has 0 aliphatic carbocycles. The highest BCUT2D eigenvalue weighted by Crippen LogP contribution is 2.11. The van der Waals surface area contributed by atoms with E-state index >= 15 is 0 Å². The van der Waals surface area contributed by atoms with Crippen LogP contribution in [0.5, 0.6) is 0 Å². The van der Waals surface area contributed by atoms with Crippen LogP contribution in [-0.4, -0.2) is 43.2 Å². The zero-order chi connectivity index (χ0) is 12.6. The van der Waals surface area contributed by atoms with E-state index in [0.717, 1.165) is 12.2 Å². The van der Waals surface area contributed by atoms with Crippen LogP contribution in [0.1, 0.15) is 13.3 Å². The van der Waals surface area contributed by atoms with Gasteiger partial charge in [0, 0.05) is 11.8 Å². The Hall–Kier alpha value is -0.430. The van der Waals surface area contributed by atoms with E-state index in [0.29, 0.717) is 0 Å². The molecule has 0 saturated heterocycles. The van der Waals surface area contributed by atoms with Gasteiger partial charge >= 0.3 is 6.18 Å². The number of nitrogens with one attached hydrogen (secondary N) is 2. The van der Waals surface area contributed by atoms with Gasteiger partial charge in [-0.05, 0) is 12.7 Å². The number of rotatable bonds is 7. The van der Waals surface area contributed by atoms with Gasteiger partial charge < -0.3 is 10.6 Å². The molecule has 16 heavy (non-hydrogen) atoms. The molecule has 0 spiro atoms. The molecule has 96 valence electrons. The summed E-state index contributed by atoms with van der Waals surface area (Å²) < 4.78 is 35.3. The molecule has 0 bridgehead atoms. The van der Waals surface area contributed by atoms with Crippen molar-refractivity contribution < 1.29 is 18.0 Å². The second-order valence-corrected chi connectivity index (χ2v) is 4.26. The summed E-state index contributed by atoms with van der Waals surface area (Å²) in [4.78, 5) is 11.2. The number of alkyl halides is 3. The molecule has 1 unspecified atom stereocenters. The lowest BCUT2D eigenvalue weighted by atomic mass is 10.2. The van der Waals surface area contributed by atoms with Crippen molar-refractivity contribution in [2.24, 2.45) is 0 Å². The molecule has 7 heteroatoms. The predicted molar refractivity (Wildman–Crippen MR) is 59.5 cm³/mol. The van der Waals surface area contributed by atoms with E-state index in [1.807, 2.05) is 13.2 Å². The SMILES string of the molecule is CCC(CSC)NC(=O)CNCC(F)(F)F. The van der Waals surface area contributed by atoms with Crippen molar-refractivity contribution in [1.82, 2.24) is 10.6 Å². The topological polar surface area (TPSA) is 41.1 Å². The molecule has 0 radical (unpaired) electrons. The Morgan fingerprint density at radius 1 is 1.44 bits per heavy atom. The monoisotopic (exact) mass is 258 g/mol. The van der Waals surface area contributed by atoms with Crippen LogP contribution in [0.4, 0.5) is 13.2 Å². The van der Waals surface area contributed by atoms with Crippen molar-refractivity contribution in [2.75, 3.05) is 25.1 Å². The molecular formula is C9H17F3N2OS. The van der Waals surface area contributed by atoms with Gasteiger partial charge in [0.15, 0.2) is 0 Å². The van der Waals surface area contributed by atoms with Crippen LogP contribution in [0.2, 0.25) is 0 Å². The standard InChI is InChI=1S/C9H17F3N2OS/c1-3-7(5-16-2)14-8(15)4-13-6-9(10,11)12/h7,13H,3-6H2,1-2H3,(H,14,15). The highest BCUT2D eigenvalue weighted by atomic mass is 32.2. The maximum atomic E-state index is 11.8. The molecular weight excluding hydrogens is 241 g/mol. The van der Waals surface area contributed by atoms with E-state index < -0.39 is 18.6 Å². The van der Waals surface area contributed by atoms with Crippen LogP contribution in [-0.2, 0) is 4.79 Å². The van der Waals surface area contributed by atoms with Crippen LogP contribution < -0.4 is 10.6 Å². The van der Waals surface area contributed by atoms with Gasteiger partial charge in [0.1, 0.15) is 0 Å². The first-order valence-electron chi connectivity index (χ1n) is 4.94. The lowest BCUT2D eigenvalue weighted by Gasteiger charge is -2.16. The smallest absolute Gasteiger partial charge is 0.351 e. The minimum atomic E-state index is -4.27. The van der Waals surface area contributed by atoms with Crippen LogP contribution in [0, 0.1) is 0 Å². The predicted octanol–water partition coefficient (Wildman–Crippen LogP) is 1.40. The van der Waals surface area contributed by atoms with Gasteiger partial charge in [-0.15, -0.1) is 0 Å². The van der Waals surface area contributed by atoms with Crippen molar-refractivity contribution in [3.05, 3.63) is 0 Å². The first-order chi connectivity index (χ1) is 7.39. The Morgan fingerprint density at radius 3 is 2.50 bits per heavy atom. The molecule has 0 fully saturated rings. The summed E-state index contributed by atoms with van der Waals surface area (Å²) in [5, 5.41) is 4.72. The number of thioether (sulfide) groups is 1. The quantitative estimate of drug-likeness (QED) is 0.725. The summed E-state index contributed by atoms with van der Waals surface area (Å²) >= 11 is 1.59. The zero-order valence-corrected chi connectivity index (χ0v) is 10.2. The van der Waals surface area contributed by atoms with E-state index in [9.17, 15) is 18.0 Å². The van der Waals surface area contributed by atoms with Gasteiger partial charge in [-0.2, -0.15) is 24.9 Å². The van der Waals surface area contributed by atoms with Crippen molar-refractivity contribution in [3.63, 3.8) is 0 Å². The van der Waals surface area contributed by atoms with E-state index in [-0.39, 0.29) is 12.6 Å². The molecule has 3 nitrogen and oxygen atoms in total. The Balaban J connectivity index is 3.72. The van der Waals surface area contributed by atoms with Crippen molar-refractivity contribution in [3.8, 4) is 0 Å². The van der Waals surface area contributed by atoms with Crippen molar-refractivity contribution in [1.29, 1.82) is 0 Å². The summed E-state index contributed by atoms with van der Waals surface area (Å²) in [6.07, 6.45) is -1.59. The van der Waals surface area contributed by atoms with Gasteiger partial charge in [-0.1, -0.05) is 6.92 Å². The van der Waals surface area contributed by atoms with Crippen LogP contribution in [0.25, 0.3) is 0 Å². The lowest BCUT2D eigenvalue weighted by Crippen LogP contribution is -2.43. The number of halogens is 3. The molecule has 0 saturated carbocycles. The third-order valence-corrected chi connectivity index (χ3v) is 2.57. The fourth-order valence-electron chi connectivity index (χ4n) is 1.06. The van der Waals surface area contributed by atoms with Crippen molar-refractivity contribution >= 4 is 17.7 Å². The Kier molecular flexibility index (Phi) is 7.57. The summed E-state index contributed by atoms with van der Waals surface area (Å²) in [6, 6.07) is 0.0233. The van der Waals surface area contributed by atoms with E-state index in [4.69, 9.17) is 0 Å². The average molecular weight is 258 g/mol. The summed E-state index contributed by atoms with van der Waals surface area (Å²) in [5.74, 6) is 0.367.